The number of halogens is 1. The van der Waals surface area contributed by atoms with Crippen molar-refractivity contribution in [2.24, 2.45) is 0 Å². The first-order valence-corrected chi connectivity index (χ1v) is 8.62. The van der Waals surface area contributed by atoms with E-state index in [0.29, 0.717) is 23.1 Å². The Labute approximate surface area is 154 Å². The van der Waals surface area contributed by atoms with E-state index in [-0.39, 0.29) is 5.54 Å². The summed E-state index contributed by atoms with van der Waals surface area (Å²) in [5.41, 5.74) is 1.66. The van der Waals surface area contributed by atoms with Crippen LogP contribution in [-0.2, 0) is 6.42 Å². The summed E-state index contributed by atoms with van der Waals surface area (Å²) in [6.07, 6.45) is 0.126. The molecule has 0 heterocycles. The number of β-amino-alcohol motifs (C(OH)–C–C–N with tert-alkyl or cyclic N) is 1. The third-order valence-electron chi connectivity index (χ3n) is 4.13. The summed E-state index contributed by atoms with van der Waals surface area (Å²) in [6, 6.07) is 13.3. The van der Waals surface area contributed by atoms with Gasteiger partial charge in [0.15, 0.2) is 11.5 Å². The van der Waals surface area contributed by atoms with Crippen LogP contribution in [0.4, 0.5) is 0 Å². The van der Waals surface area contributed by atoms with E-state index in [9.17, 15) is 5.11 Å². The lowest BCUT2D eigenvalue weighted by atomic mass is 9.94. The predicted octanol–water partition coefficient (Wildman–Crippen LogP) is 4.00. The lowest BCUT2D eigenvalue weighted by molar-refractivity contribution is 0.161. The Morgan fingerprint density at radius 2 is 1.76 bits per heavy atom. The van der Waals surface area contributed by atoms with Crippen LogP contribution in [-0.4, -0.2) is 31.4 Å². The van der Waals surface area contributed by atoms with Crippen molar-refractivity contribution >= 4 is 11.6 Å². The molecule has 4 nitrogen and oxygen atoms in total. The fourth-order valence-electron chi connectivity index (χ4n) is 2.79. The lowest BCUT2D eigenvalue weighted by Crippen LogP contribution is -2.43. The second-order valence-electron chi connectivity index (χ2n) is 6.67. The molecule has 2 rings (SSSR count). The van der Waals surface area contributed by atoms with Crippen LogP contribution in [0.15, 0.2) is 42.5 Å². The monoisotopic (exact) mass is 363 g/mol. The van der Waals surface area contributed by atoms with Gasteiger partial charge in [-0.25, -0.2) is 0 Å². The van der Waals surface area contributed by atoms with Crippen LogP contribution in [0.2, 0.25) is 5.02 Å². The van der Waals surface area contributed by atoms with Gasteiger partial charge in [0.05, 0.1) is 20.3 Å². The van der Waals surface area contributed by atoms with E-state index in [1.54, 1.807) is 20.3 Å². The standard InChI is InChI=1S/C20H26ClNO3/c1-20(2,12-14-9-10-18(24-3)19(11-14)25-4)22-13-17(23)15-7-5-6-8-16(15)21/h5-11,17,22-23H,12-13H2,1-4H3. The van der Waals surface area contributed by atoms with Crippen molar-refractivity contribution in [2.75, 3.05) is 20.8 Å². The van der Waals surface area contributed by atoms with Crippen LogP contribution in [0.1, 0.15) is 31.1 Å². The Kier molecular flexibility index (Phi) is 6.71. The highest BCUT2D eigenvalue weighted by Crippen LogP contribution is 2.29. The van der Waals surface area contributed by atoms with Gasteiger partial charge in [-0.15, -0.1) is 0 Å². The van der Waals surface area contributed by atoms with E-state index in [2.05, 4.69) is 19.2 Å². The van der Waals surface area contributed by atoms with Gasteiger partial charge in [-0.1, -0.05) is 35.9 Å². The molecule has 2 aromatic rings. The van der Waals surface area contributed by atoms with Crippen LogP contribution in [0, 0.1) is 0 Å². The van der Waals surface area contributed by atoms with Crippen LogP contribution in [0.25, 0.3) is 0 Å². The van der Waals surface area contributed by atoms with Crippen molar-refractivity contribution in [1.29, 1.82) is 0 Å². The predicted molar refractivity (Wildman–Crippen MR) is 102 cm³/mol. The largest absolute Gasteiger partial charge is 0.493 e. The summed E-state index contributed by atoms with van der Waals surface area (Å²) in [6.45, 7) is 4.62. The molecule has 5 heteroatoms. The van der Waals surface area contributed by atoms with Gasteiger partial charge in [-0.3, -0.25) is 0 Å². The molecule has 0 aromatic heterocycles. The summed E-state index contributed by atoms with van der Waals surface area (Å²) < 4.78 is 10.6. The maximum atomic E-state index is 10.4. The molecule has 0 bridgehead atoms. The van der Waals surface area contributed by atoms with Crippen LogP contribution >= 0.6 is 11.6 Å². The summed E-state index contributed by atoms with van der Waals surface area (Å²) >= 11 is 6.15. The first-order valence-electron chi connectivity index (χ1n) is 8.24. The number of hydrogen-bond acceptors (Lipinski definition) is 4. The first-order chi connectivity index (χ1) is 11.9. The zero-order chi connectivity index (χ0) is 18.4. The SMILES string of the molecule is COc1ccc(CC(C)(C)NCC(O)c2ccccc2Cl)cc1OC. The molecule has 0 amide bonds. The highest BCUT2D eigenvalue weighted by molar-refractivity contribution is 6.31. The molecule has 0 aliphatic carbocycles. The number of aliphatic hydroxyl groups excluding tert-OH is 1. The summed E-state index contributed by atoms with van der Waals surface area (Å²) in [5.74, 6) is 1.43. The number of aliphatic hydroxyl groups is 1. The molecule has 1 atom stereocenters. The van der Waals surface area contributed by atoms with Gasteiger partial charge in [-0.2, -0.15) is 0 Å². The molecule has 2 N–H and O–H groups in total. The zero-order valence-corrected chi connectivity index (χ0v) is 15.9. The molecule has 0 fully saturated rings. The van der Waals surface area contributed by atoms with Crippen LogP contribution < -0.4 is 14.8 Å². The number of nitrogens with one attached hydrogen (secondary N) is 1. The second kappa shape index (κ2) is 8.56. The van der Waals surface area contributed by atoms with Crippen LogP contribution in [0.5, 0.6) is 11.5 Å². The first kappa shape index (κ1) is 19.6. The van der Waals surface area contributed by atoms with Crippen molar-refractivity contribution < 1.29 is 14.6 Å². The third-order valence-corrected chi connectivity index (χ3v) is 4.48. The molecule has 0 radical (unpaired) electrons. The molecule has 0 aliphatic rings. The number of methoxy groups -OCH3 is 2. The molecule has 136 valence electrons. The van der Waals surface area contributed by atoms with Crippen molar-refractivity contribution in [1.82, 2.24) is 5.32 Å². The maximum absolute atomic E-state index is 10.4. The quantitative estimate of drug-likeness (QED) is 0.744. The number of hydrogen-bond donors (Lipinski definition) is 2. The van der Waals surface area contributed by atoms with Gasteiger partial charge in [0, 0.05) is 22.7 Å². The maximum Gasteiger partial charge on any atom is 0.160 e. The molecule has 0 spiro atoms. The smallest absolute Gasteiger partial charge is 0.160 e. The Bertz CT molecular complexity index is 703. The normalized spacial score (nSPS) is 12.7. The van der Waals surface area contributed by atoms with Crippen molar-refractivity contribution in [2.45, 2.75) is 31.9 Å². The van der Waals surface area contributed by atoms with E-state index >= 15 is 0 Å². The molecular weight excluding hydrogens is 338 g/mol. The lowest BCUT2D eigenvalue weighted by Gasteiger charge is -2.28. The molecule has 2 aromatic carbocycles. The Morgan fingerprint density at radius 3 is 2.40 bits per heavy atom. The molecule has 25 heavy (non-hydrogen) atoms. The van der Waals surface area contributed by atoms with Crippen molar-refractivity contribution in [3.8, 4) is 11.5 Å². The minimum atomic E-state index is -0.654. The second-order valence-corrected chi connectivity index (χ2v) is 7.08. The number of benzene rings is 2. The highest BCUT2D eigenvalue weighted by Gasteiger charge is 2.21. The topological polar surface area (TPSA) is 50.7 Å². The molecule has 0 aliphatic heterocycles. The highest BCUT2D eigenvalue weighted by atomic mass is 35.5. The van der Waals surface area contributed by atoms with Crippen LogP contribution in [0.3, 0.4) is 0 Å². The molecule has 0 saturated heterocycles. The minimum absolute atomic E-state index is 0.207. The van der Waals surface area contributed by atoms with E-state index < -0.39 is 6.10 Å². The molecule has 0 saturated carbocycles. The zero-order valence-electron chi connectivity index (χ0n) is 15.2. The van der Waals surface area contributed by atoms with Gasteiger partial charge < -0.3 is 19.9 Å². The number of ether oxygens (including phenoxy) is 2. The fraction of sp³-hybridized carbons (Fsp3) is 0.400. The van der Waals surface area contributed by atoms with Gasteiger partial charge in [0.1, 0.15) is 0 Å². The Balaban J connectivity index is 2.01. The average molecular weight is 364 g/mol. The Morgan fingerprint density at radius 1 is 1.08 bits per heavy atom. The van der Waals surface area contributed by atoms with E-state index in [0.717, 1.165) is 17.5 Å². The molecule has 1 unspecified atom stereocenters. The average Bonchev–Trinajstić information content (AvgIpc) is 2.59. The van der Waals surface area contributed by atoms with Gasteiger partial charge >= 0.3 is 0 Å². The molecular formula is C20H26ClNO3. The van der Waals surface area contributed by atoms with Gasteiger partial charge in [-0.05, 0) is 44.0 Å². The fourth-order valence-corrected chi connectivity index (χ4v) is 3.05. The number of rotatable bonds is 8. The van der Waals surface area contributed by atoms with Gasteiger partial charge in [0.2, 0.25) is 0 Å². The van der Waals surface area contributed by atoms with Crippen molar-refractivity contribution in [3.63, 3.8) is 0 Å². The summed E-state index contributed by atoms with van der Waals surface area (Å²) in [4.78, 5) is 0. The van der Waals surface area contributed by atoms with E-state index in [4.69, 9.17) is 21.1 Å². The summed E-state index contributed by atoms with van der Waals surface area (Å²) in [7, 11) is 3.25. The van der Waals surface area contributed by atoms with E-state index in [1.165, 1.54) is 0 Å². The van der Waals surface area contributed by atoms with Gasteiger partial charge in [0.25, 0.3) is 0 Å². The Hall–Kier alpha value is -1.75. The third kappa shape index (κ3) is 5.36. The van der Waals surface area contributed by atoms with Crippen molar-refractivity contribution in [3.05, 3.63) is 58.6 Å². The summed E-state index contributed by atoms with van der Waals surface area (Å²) in [5, 5.41) is 14.4. The minimum Gasteiger partial charge on any atom is -0.493 e. The van der Waals surface area contributed by atoms with E-state index in [1.807, 2.05) is 36.4 Å².